The lowest BCUT2D eigenvalue weighted by Gasteiger charge is -2.37. The van der Waals surface area contributed by atoms with E-state index < -0.39 is 0 Å². The second-order valence-electron chi connectivity index (χ2n) is 9.75. The molecule has 1 aliphatic heterocycles. The molecule has 0 spiro atoms. The number of benzene rings is 2. The standard InChI is InChI=1S/C29H32N4O4/c1-31(20-21-7-3-2-4-8-21)28(35)24-19-23(30-27(34)22-9-5-10-22)12-13-25(24)32-14-16-33(17-15-32)29(36)26-11-6-18-37-26/h2-4,6-8,11-13,18-19,22H,5,9-10,14-17,20H2,1H3,(H,30,34). The number of piperazine rings is 1. The second kappa shape index (κ2) is 10.9. The monoisotopic (exact) mass is 500 g/mol. The van der Waals surface area contributed by atoms with Gasteiger partial charge in [-0.1, -0.05) is 36.8 Å². The van der Waals surface area contributed by atoms with Crippen molar-refractivity contribution >= 4 is 29.1 Å². The third-order valence-electron chi connectivity index (χ3n) is 7.22. The summed E-state index contributed by atoms with van der Waals surface area (Å²) in [6, 6.07) is 18.8. The maximum Gasteiger partial charge on any atom is 0.289 e. The molecule has 5 rings (SSSR count). The molecular weight excluding hydrogens is 468 g/mol. The highest BCUT2D eigenvalue weighted by Gasteiger charge is 2.28. The number of carbonyl (C=O) groups is 3. The molecule has 2 aliphatic rings. The van der Waals surface area contributed by atoms with Gasteiger partial charge in [-0.15, -0.1) is 0 Å². The number of furan rings is 1. The van der Waals surface area contributed by atoms with Gasteiger partial charge in [0.05, 0.1) is 11.8 Å². The van der Waals surface area contributed by atoms with Crippen LogP contribution < -0.4 is 10.2 Å². The van der Waals surface area contributed by atoms with Gasteiger partial charge in [0.2, 0.25) is 5.91 Å². The van der Waals surface area contributed by atoms with E-state index in [1.807, 2.05) is 42.5 Å². The molecule has 192 valence electrons. The molecule has 37 heavy (non-hydrogen) atoms. The summed E-state index contributed by atoms with van der Waals surface area (Å²) in [7, 11) is 1.79. The first-order valence-electron chi connectivity index (χ1n) is 12.8. The van der Waals surface area contributed by atoms with E-state index in [9.17, 15) is 14.4 Å². The van der Waals surface area contributed by atoms with E-state index in [2.05, 4.69) is 10.2 Å². The number of rotatable bonds is 7. The van der Waals surface area contributed by atoms with Gasteiger partial charge >= 0.3 is 0 Å². The maximum absolute atomic E-state index is 13.7. The molecule has 1 N–H and O–H groups in total. The van der Waals surface area contributed by atoms with Crippen molar-refractivity contribution in [3.63, 3.8) is 0 Å². The molecule has 2 aromatic carbocycles. The van der Waals surface area contributed by atoms with Crippen LogP contribution in [0.25, 0.3) is 0 Å². The van der Waals surface area contributed by atoms with Crippen molar-refractivity contribution in [3.05, 3.63) is 83.8 Å². The van der Waals surface area contributed by atoms with Crippen LogP contribution in [0.1, 0.15) is 45.7 Å². The Morgan fingerprint density at radius 1 is 0.973 bits per heavy atom. The van der Waals surface area contributed by atoms with Crippen molar-refractivity contribution in [2.24, 2.45) is 5.92 Å². The van der Waals surface area contributed by atoms with Gasteiger partial charge in [0.15, 0.2) is 5.76 Å². The van der Waals surface area contributed by atoms with Crippen molar-refractivity contribution in [3.8, 4) is 0 Å². The summed E-state index contributed by atoms with van der Waals surface area (Å²) in [5.74, 6) is 0.156. The predicted octanol–water partition coefficient (Wildman–Crippen LogP) is 4.25. The molecule has 0 atom stereocenters. The first-order chi connectivity index (χ1) is 18.0. The first-order valence-corrected chi connectivity index (χ1v) is 12.8. The highest BCUT2D eigenvalue weighted by atomic mass is 16.3. The molecule has 0 unspecified atom stereocenters. The van der Waals surface area contributed by atoms with E-state index >= 15 is 0 Å². The van der Waals surface area contributed by atoms with Gasteiger partial charge < -0.3 is 24.4 Å². The van der Waals surface area contributed by atoms with Crippen molar-refractivity contribution in [1.29, 1.82) is 0 Å². The van der Waals surface area contributed by atoms with Crippen LogP contribution in [0.15, 0.2) is 71.3 Å². The summed E-state index contributed by atoms with van der Waals surface area (Å²) in [6.07, 6.45) is 4.41. The zero-order valence-electron chi connectivity index (χ0n) is 21.1. The molecule has 2 heterocycles. The number of nitrogens with zero attached hydrogens (tertiary/aromatic N) is 3. The summed E-state index contributed by atoms with van der Waals surface area (Å²) in [5.41, 5.74) is 3.01. The molecule has 1 saturated carbocycles. The SMILES string of the molecule is CN(Cc1ccccc1)C(=O)c1cc(NC(=O)C2CCC2)ccc1N1CCN(C(=O)c2ccco2)CC1. The lowest BCUT2D eigenvalue weighted by molar-refractivity contribution is -0.122. The average molecular weight is 501 g/mol. The fourth-order valence-electron chi connectivity index (χ4n) is 4.82. The molecule has 1 aliphatic carbocycles. The van der Waals surface area contributed by atoms with E-state index in [0.29, 0.717) is 49.7 Å². The van der Waals surface area contributed by atoms with Gasteiger partial charge in [-0.05, 0) is 48.7 Å². The van der Waals surface area contributed by atoms with Gasteiger partial charge in [0, 0.05) is 57.1 Å². The average Bonchev–Trinajstić information content (AvgIpc) is 3.42. The minimum atomic E-state index is -0.127. The summed E-state index contributed by atoms with van der Waals surface area (Å²) in [5, 5.41) is 3.00. The highest BCUT2D eigenvalue weighted by molar-refractivity contribution is 6.02. The zero-order valence-corrected chi connectivity index (χ0v) is 21.1. The van der Waals surface area contributed by atoms with E-state index in [-0.39, 0.29) is 23.6 Å². The normalized spacial score (nSPS) is 15.7. The Morgan fingerprint density at radius 2 is 1.73 bits per heavy atom. The smallest absolute Gasteiger partial charge is 0.289 e. The van der Waals surface area contributed by atoms with Crippen LogP contribution in [-0.4, -0.2) is 60.7 Å². The number of amides is 3. The maximum atomic E-state index is 13.7. The number of hydrogen-bond acceptors (Lipinski definition) is 5. The molecule has 1 saturated heterocycles. The van der Waals surface area contributed by atoms with Crippen molar-refractivity contribution in [1.82, 2.24) is 9.80 Å². The van der Waals surface area contributed by atoms with Crippen LogP contribution >= 0.6 is 0 Å². The van der Waals surface area contributed by atoms with Crippen molar-refractivity contribution in [2.45, 2.75) is 25.8 Å². The minimum absolute atomic E-state index is 0.0140. The number of anilines is 2. The third kappa shape index (κ3) is 5.53. The number of nitrogens with one attached hydrogen (secondary N) is 1. The van der Waals surface area contributed by atoms with E-state index in [0.717, 1.165) is 30.5 Å². The van der Waals surface area contributed by atoms with Crippen LogP contribution in [0.3, 0.4) is 0 Å². The summed E-state index contributed by atoms with van der Waals surface area (Å²) in [4.78, 5) is 44.5. The Bertz CT molecular complexity index is 1250. The van der Waals surface area contributed by atoms with Crippen LogP contribution in [0, 0.1) is 5.92 Å². The molecule has 8 nitrogen and oxygen atoms in total. The van der Waals surface area contributed by atoms with Crippen molar-refractivity contribution < 1.29 is 18.8 Å². The van der Waals surface area contributed by atoms with E-state index in [1.165, 1.54) is 6.26 Å². The Kier molecular flexibility index (Phi) is 7.25. The van der Waals surface area contributed by atoms with E-state index in [4.69, 9.17) is 4.42 Å². The van der Waals surface area contributed by atoms with Gasteiger partial charge in [-0.3, -0.25) is 14.4 Å². The number of carbonyl (C=O) groups excluding carboxylic acids is 3. The molecule has 3 aromatic rings. The predicted molar refractivity (Wildman–Crippen MR) is 141 cm³/mol. The minimum Gasteiger partial charge on any atom is -0.459 e. The third-order valence-corrected chi connectivity index (χ3v) is 7.22. The van der Waals surface area contributed by atoms with Gasteiger partial charge in [-0.2, -0.15) is 0 Å². The van der Waals surface area contributed by atoms with E-state index in [1.54, 1.807) is 35.0 Å². The second-order valence-corrected chi connectivity index (χ2v) is 9.75. The largest absolute Gasteiger partial charge is 0.459 e. The van der Waals surface area contributed by atoms with Crippen LogP contribution in [0.2, 0.25) is 0 Å². The lowest BCUT2D eigenvalue weighted by Crippen LogP contribution is -2.49. The summed E-state index contributed by atoms with van der Waals surface area (Å²) >= 11 is 0. The van der Waals surface area contributed by atoms with Gasteiger partial charge in [-0.25, -0.2) is 0 Å². The van der Waals surface area contributed by atoms with Crippen LogP contribution in [0.5, 0.6) is 0 Å². The van der Waals surface area contributed by atoms with Crippen LogP contribution in [-0.2, 0) is 11.3 Å². The first kappa shape index (κ1) is 24.6. The molecular formula is C29H32N4O4. The molecule has 1 aromatic heterocycles. The van der Waals surface area contributed by atoms with Gasteiger partial charge in [0.25, 0.3) is 11.8 Å². The lowest BCUT2D eigenvalue weighted by atomic mass is 9.85. The highest BCUT2D eigenvalue weighted by Crippen LogP contribution is 2.30. The topological polar surface area (TPSA) is 86.1 Å². The molecule has 2 fully saturated rings. The van der Waals surface area contributed by atoms with Gasteiger partial charge in [0.1, 0.15) is 0 Å². The molecule has 0 radical (unpaired) electrons. The summed E-state index contributed by atoms with van der Waals surface area (Å²) < 4.78 is 5.27. The Balaban J connectivity index is 1.35. The number of hydrogen-bond donors (Lipinski definition) is 1. The quantitative estimate of drug-likeness (QED) is 0.524. The van der Waals surface area contributed by atoms with Crippen molar-refractivity contribution in [2.75, 3.05) is 43.4 Å². The van der Waals surface area contributed by atoms with Crippen LogP contribution in [0.4, 0.5) is 11.4 Å². The molecule has 8 heteroatoms. The molecule has 3 amide bonds. The summed E-state index contributed by atoms with van der Waals surface area (Å²) in [6.45, 7) is 2.69. The fraction of sp³-hybridized carbons (Fsp3) is 0.345. The fourth-order valence-corrected chi connectivity index (χ4v) is 4.82. The molecule has 0 bridgehead atoms. The Labute approximate surface area is 216 Å². The Hall–Kier alpha value is -4.07. The Morgan fingerprint density at radius 3 is 2.38 bits per heavy atom. The zero-order chi connectivity index (χ0) is 25.8.